The Bertz CT molecular complexity index is 1180. The minimum absolute atomic E-state index is 0.0187. The number of rotatable bonds is 9. The first kappa shape index (κ1) is 21.6. The number of carbonyl (C=O) groups excluding carboxylic acids is 1. The molecule has 0 atom stereocenters. The van der Waals surface area contributed by atoms with Crippen molar-refractivity contribution in [1.29, 1.82) is 0 Å². The lowest BCUT2D eigenvalue weighted by atomic mass is 10.1. The lowest BCUT2D eigenvalue weighted by Gasteiger charge is -2.08. The molecule has 1 N–H and O–H groups in total. The third-order valence-corrected chi connectivity index (χ3v) is 5.72. The number of hydrogen-bond acceptors (Lipinski definition) is 3. The Balaban J connectivity index is 1.29. The Hall–Kier alpha value is -3.60. The molecule has 0 fully saturated rings. The molecule has 5 nitrogen and oxygen atoms in total. The van der Waals surface area contributed by atoms with Crippen LogP contribution in [0.15, 0.2) is 72.8 Å². The summed E-state index contributed by atoms with van der Waals surface area (Å²) in [6, 6.07) is 24.2. The fraction of sp³-hybridized carbons (Fsp3) is 0.259. The lowest BCUT2D eigenvalue weighted by Crippen LogP contribution is -2.12. The van der Waals surface area contributed by atoms with Crippen LogP contribution >= 0.6 is 0 Å². The number of imidazole rings is 1. The van der Waals surface area contributed by atoms with Crippen LogP contribution in [0.1, 0.15) is 30.3 Å². The summed E-state index contributed by atoms with van der Waals surface area (Å²) in [7, 11) is 1.65. The van der Waals surface area contributed by atoms with Crippen molar-refractivity contribution < 1.29 is 9.53 Å². The Morgan fingerprint density at radius 3 is 2.31 bits per heavy atom. The molecule has 0 aliphatic carbocycles. The van der Waals surface area contributed by atoms with Crippen LogP contribution < -0.4 is 10.1 Å². The van der Waals surface area contributed by atoms with Gasteiger partial charge in [-0.3, -0.25) is 4.79 Å². The van der Waals surface area contributed by atoms with Gasteiger partial charge in [0.25, 0.3) is 0 Å². The molecule has 0 radical (unpaired) electrons. The van der Waals surface area contributed by atoms with Crippen molar-refractivity contribution in [2.45, 2.75) is 39.2 Å². The number of ether oxygens (including phenoxy) is 1. The van der Waals surface area contributed by atoms with E-state index in [1.807, 2.05) is 42.5 Å². The van der Waals surface area contributed by atoms with Crippen LogP contribution in [0.25, 0.3) is 11.0 Å². The number of aromatic nitrogens is 2. The molecule has 4 rings (SSSR count). The van der Waals surface area contributed by atoms with Crippen molar-refractivity contribution >= 4 is 22.6 Å². The Morgan fingerprint density at radius 2 is 1.59 bits per heavy atom. The molecule has 3 aromatic carbocycles. The van der Waals surface area contributed by atoms with E-state index in [1.165, 1.54) is 11.1 Å². The summed E-state index contributed by atoms with van der Waals surface area (Å²) >= 11 is 0. The monoisotopic (exact) mass is 427 g/mol. The number of benzene rings is 3. The van der Waals surface area contributed by atoms with E-state index >= 15 is 0 Å². The van der Waals surface area contributed by atoms with Crippen LogP contribution in [0.4, 0.5) is 5.69 Å². The molecule has 4 aromatic rings. The van der Waals surface area contributed by atoms with Crippen LogP contribution in [0.3, 0.4) is 0 Å². The van der Waals surface area contributed by atoms with E-state index in [9.17, 15) is 4.79 Å². The minimum atomic E-state index is 0.0187. The highest BCUT2D eigenvalue weighted by Gasteiger charge is 2.09. The Labute approximate surface area is 189 Å². The number of nitrogens with zero attached hydrogens (tertiary/aromatic N) is 2. The minimum Gasteiger partial charge on any atom is -0.497 e. The van der Waals surface area contributed by atoms with Gasteiger partial charge in [-0.25, -0.2) is 4.98 Å². The summed E-state index contributed by atoms with van der Waals surface area (Å²) in [5.41, 5.74) is 5.43. The number of carbonyl (C=O) groups is 1. The highest BCUT2D eigenvalue weighted by atomic mass is 16.5. The van der Waals surface area contributed by atoms with Gasteiger partial charge in [-0.05, 0) is 67.3 Å². The SMILES string of the molecule is CCn1c(CCc2ccc(NC(=O)CCc3ccc(OC)cc3)cc2)nc2ccccc21. The van der Waals surface area contributed by atoms with Crippen LogP contribution in [0, 0.1) is 0 Å². The Morgan fingerprint density at radius 1 is 0.906 bits per heavy atom. The number of nitrogens with one attached hydrogen (secondary N) is 1. The van der Waals surface area contributed by atoms with Gasteiger partial charge in [0.05, 0.1) is 18.1 Å². The van der Waals surface area contributed by atoms with Crippen molar-refractivity contribution in [1.82, 2.24) is 9.55 Å². The molecule has 0 saturated heterocycles. The second-order valence-corrected chi connectivity index (χ2v) is 7.85. The molecule has 32 heavy (non-hydrogen) atoms. The van der Waals surface area contributed by atoms with Gasteiger partial charge in [-0.2, -0.15) is 0 Å². The molecule has 1 heterocycles. The van der Waals surface area contributed by atoms with E-state index in [2.05, 4.69) is 47.1 Å². The summed E-state index contributed by atoms with van der Waals surface area (Å²) < 4.78 is 7.45. The van der Waals surface area contributed by atoms with Crippen LogP contribution in [0.5, 0.6) is 5.75 Å². The fourth-order valence-corrected chi connectivity index (χ4v) is 3.95. The van der Waals surface area contributed by atoms with Crippen molar-refractivity contribution in [3.63, 3.8) is 0 Å². The number of amides is 1. The maximum absolute atomic E-state index is 12.3. The van der Waals surface area contributed by atoms with Gasteiger partial charge in [0, 0.05) is 25.1 Å². The van der Waals surface area contributed by atoms with Gasteiger partial charge in [0.15, 0.2) is 0 Å². The van der Waals surface area contributed by atoms with E-state index in [-0.39, 0.29) is 5.91 Å². The average Bonchev–Trinajstić information content (AvgIpc) is 3.20. The van der Waals surface area contributed by atoms with E-state index in [1.54, 1.807) is 7.11 Å². The molecule has 0 aliphatic heterocycles. The van der Waals surface area contributed by atoms with Gasteiger partial charge in [0.1, 0.15) is 11.6 Å². The maximum Gasteiger partial charge on any atom is 0.224 e. The molecule has 0 unspecified atom stereocenters. The van der Waals surface area contributed by atoms with E-state index < -0.39 is 0 Å². The van der Waals surface area contributed by atoms with E-state index in [0.717, 1.165) is 47.7 Å². The number of methoxy groups -OCH3 is 1. The van der Waals surface area contributed by atoms with E-state index in [0.29, 0.717) is 12.8 Å². The molecular formula is C27H29N3O2. The first-order valence-corrected chi connectivity index (χ1v) is 11.1. The zero-order chi connectivity index (χ0) is 22.3. The third-order valence-electron chi connectivity index (χ3n) is 5.72. The Kier molecular flexibility index (Phi) is 6.85. The van der Waals surface area contributed by atoms with Crippen LogP contribution in [-0.4, -0.2) is 22.6 Å². The predicted molar refractivity (Wildman–Crippen MR) is 129 cm³/mol. The molecular weight excluding hydrogens is 398 g/mol. The van der Waals surface area contributed by atoms with Crippen LogP contribution in [-0.2, 0) is 30.6 Å². The molecule has 1 aromatic heterocycles. The molecule has 1 amide bonds. The zero-order valence-corrected chi connectivity index (χ0v) is 18.7. The molecule has 0 spiro atoms. The predicted octanol–water partition coefficient (Wildman–Crippen LogP) is 5.42. The van der Waals surface area contributed by atoms with Crippen molar-refractivity contribution in [2.24, 2.45) is 0 Å². The maximum atomic E-state index is 12.3. The topological polar surface area (TPSA) is 56.2 Å². The molecule has 164 valence electrons. The average molecular weight is 428 g/mol. The highest BCUT2D eigenvalue weighted by Crippen LogP contribution is 2.18. The third kappa shape index (κ3) is 5.17. The molecule has 0 aliphatic rings. The first-order chi connectivity index (χ1) is 15.7. The lowest BCUT2D eigenvalue weighted by molar-refractivity contribution is -0.116. The summed E-state index contributed by atoms with van der Waals surface area (Å²) in [6.45, 7) is 3.07. The first-order valence-electron chi connectivity index (χ1n) is 11.1. The highest BCUT2D eigenvalue weighted by molar-refractivity contribution is 5.90. The number of hydrogen-bond donors (Lipinski definition) is 1. The fourth-order valence-electron chi connectivity index (χ4n) is 3.95. The van der Waals surface area contributed by atoms with Crippen molar-refractivity contribution in [2.75, 3.05) is 12.4 Å². The zero-order valence-electron chi connectivity index (χ0n) is 18.7. The van der Waals surface area contributed by atoms with Crippen LogP contribution in [0.2, 0.25) is 0 Å². The van der Waals surface area contributed by atoms with E-state index in [4.69, 9.17) is 9.72 Å². The van der Waals surface area contributed by atoms with Gasteiger partial charge < -0.3 is 14.6 Å². The standard InChI is InChI=1S/C27H29N3O2/c1-3-30-25-7-5-4-6-24(25)29-26(30)18-12-20-8-14-22(15-9-20)28-27(31)19-13-21-10-16-23(32-2)17-11-21/h4-11,14-17H,3,12-13,18-19H2,1-2H3,(H,28,31). The van der Waals surface area contributed by atoms with Gasteiger partial charge in [-0.15, -0.1) is 0 Å². The van der Waals surface area contributed by atoms with Gasteiger partial charge in [0.2, 0.25) is 5.91 Å². The van der Waals surface area contributed by atoms with Crippen molar-refractivity contribution in [3.8, 4) is 5.75 Å². The number of para-hydroxylation sites is 2. The summed E-state index contributed by atoms with van der Waals surface area (Å²) in [5, 5.41) is 2.99. The summed E-state index contributed by atoms with van der Waals surface area (Å²) in [5.74, 6) is 1.96. The van der Waals surface area contributed by atoms with Gasteiger partial charge in [-0.1, -0.05) is 36.4 Å². The number of anilines is 1. The van der Waals surface area contributed by atoms with Crippen molar-refractivity contribution in [3.05, 3.63) is 89.7 Å². The quantitative estimate of drug-likeness (QED) is 0.388. The molecule has 0 saturated carbocycles. The normalized spacial score (nSPS) is 10.9. The largest absolute Gasteiger partial charge is 0.497 e. The number of fused-ring (bicyclic) bond motifs is 1. The van der Waals surface area contributed by atoms with Gasteiger partial charge >= 0.3 is 0 Å². The smallest absolute Gasteiger partial charge is 0.224 e. The second-order valence-electron chi connectivity index (χ2n) is 7.85. The number of aryl methyl sites for hydroxylation is 4. The summed E-state index contributed by atoms with van der Waals surface area (Å²) in [4.78, 5) is 17.1. The summed E-state index contributed by atoms with van der Waals surface area (Å²) in [6.07, 6.45) is 2.94. The molecule has 0 bridgehead atoms. The molecule has 5 heteroatoms. The second kappa shape index (κ2) is 10.1.